The van der Waals surface area contributed by atoms with Gasteiger partial charge in [-0.2, -0.15) is 0 Å². The van der Waals surface area contributed by atoms with Gasteiger partial charge in [-0.05, 0) is 60.2 Å². The first-order valence-corrected chi connectivity index (χ1v) is 7.61. The Morgan fingerprint density at radius 1 is 1.00 bits per heavy atom. The van der Waals surface area contributed by atoms with E-state index in [-0.39, 0.29) is 0 Å². The summed E-state index contributed by atoms with van der Waals surface area (Å²) >= 11 is 0. The molecule has 0 amide bonds. The normalized spacial score (nSPS) is 12.4. The van der Waals surface area contributed by atoms with Crippen LogP contribution in [0.3, 0.4) is 0 Å². The fourth-order valence-corrected chi connectivity index (χ4v) is 2.66. The lowest BCUT2D eigenvalue weighted by atomic mass is 9.91. The van der Waals surface area contributed by atoms with Crippen molar-refractivity contribution in [2.75, 3.05) is 14.2 Å². The van der Waals surface area contributed by atoms with Crippen molar-refractivity contribution in [3.05, 3.63) is 65.2 Å². The summed E-state index contributed by atoms with van der Waals surface area (Å²) in [5, 5.41) is 0. The van der Waals surface area contributed by atoms with Gasteiger partial charge >= 0.3 is 0 Å². The van der Waals surface area contributed by atoms with Crippen molar-refractivity contribution in [3.8, 4) is 11.5 Å². The number of rotatable bonds is 6. The van der Waals surface area contributed by atoms with Crippen LogP contribution in [-0.2, 0) is 6.42 Å². The molecule has 22 heavy (non-hydrogen) atoms. The van der Waals surface area contributed by atoms with E-state index in [9.17, 15) is 0 Å². The second kappa shape index (κ2) is 7.69. The molecule has 0 heterocycles. The van der Waals surface area contributed by atoms with Crippen molar-refractivity contribution in [1.29, 1.82) is 0 Å². The molecule has 2 aromatic rings. The van der Waals surface area contributed by atoms with Crippen LogP contribution in [-0.4, -0.2) is 14.2 Å². The van der Waals surface area contributed by atoms with Crippen molar-refractivity contribution in [2.24, 2.45) is 0 Å². The van der Waals surface area contributed by atoms with Crippen LogP contribution in [0.2, 0.25) is 0 Å². The standard InChI is InChI=1S/C20H24O2/c1-5-6-16-9-12-20(22-4)19(14-16)15(2)13-17-7-10-18(21-3)11-8-17/h5-12,14-15H,13H2,1-4H3/b6-5+/t15-/m0/s1. The molecule has 0 spiro atoms. The van der Waals surface area contributed by atoms with Gasteiger partial charge in [0.1, 0.15) is 11.5 Å². The first-order valence-electron chi connectivity index (χ1n) is 7.61. The molecular formula is C20H24O2. The van der Waals surface area contributed by atoms with Gasteiger partial charge in [0.05, 0.1) is 14.2 Å². The van der Waals surface area contributed by atoms with Crippen LogP contribution in [0.5, 0.6) is 11.5 Å². The molecule has 1 atom stereocenters. The van der Waals surface area contributed by atoms with Crippen LogP contribution in [0.4, 0.5) is 0 Å². The molecule has 2 heteroatoms. The first kappa shape index (κ1) is 16.2. The second-order valence-electron chi connectivity index (χ2n) is 5.45. The number of hydrogen-bond donors (Lipinski definition) is 0. The Morgan fingerprint density at radius 3 is 2.32 bits per heavy atom. The highest BCUT2D eigenvalue weighted by molar-refractivity contribution is 5.54. The summed E-state index contributed by atoms with van der Waals surface area (Å²) < 4.78 is 10.7. The summed E-state index contributed by atoms with van der Waals surface area (Å²) in [4.78, 5) is 0. The number of methoxy groups -OCH3 is 2. The number of hydrogen-bond acceptors (Lipinski definition) is 2. The van der Waals surface area contributed by atoms with Crippen molar-refractivity contribution in [1.82, 2.24) is 0 Å². The minimum Gasteiger partial charge on any atom is -0.497 e. The SMILES string of the molecule is C/C=C/c1ccc(OC)c([C@@H](C)Cc2ccc(OC)cc2)c1. The van der Waals surface area contributed by atoms with E-state index in [2.05, 4.69) is 49.4 Å². The topological polar surface area (TPSA) is 18.5 Å². The average Bonchev–Trinajstić information content (AvgIpc) is 2.55. The lowest BCUT2D eigenvalue weighted by Crippen LogP contribution is -2.02. The van der Waals surface area contributed by atoms with Crippen LogP contribution in [0.25, 0.3) is 6.08 Å². The highest BCUT2D eigenvalue weighted by Gasteiger charge is 2.13. The summed E-state index contributed by atoms with van der Waals surface area (Å²) in [6.07, 6.45) is 5.14. The summed E-state index contributed by atoms with van der Waals surface area (Å²) in [7, 11) is 3.42. The summed E-state index contributed by atoms with van der Waals surface area (Å²) in [6.45, 7) is 4.27. The third-order valence-electron chi connectivity index (χ3n) is 3.84. The Kier molecular flexibility index (Phi) is 5.65. The van der Waals surface area contributed by atoms with E-state index in [4.69, 9.17) is 9.47 Å². The van der Waals surface area contributed by atoms with E-state index in [1.807, 2.05) is 19.1 Å². The zero-order valence-corrected chi connectivity index (χ0v) is 13.8. The Hall–Kier alpha value is -2.22. The van der Waals surface area contributed by atoms with Gasteiger partial charge in [0.25, 0.3) is 0 Å². The van der Waals surface area contributed by atoms with Crippen LogP contribution < -0.4 is 9.47 Å². The van der Waals surface area contributed by atoms with Gasteiger partial charge in [-0.1, -0.05) is 37.3 Å². The zero-order valence-electron chi connectivity index (χ0n) is 13.8. The van der Waals surface area contributed by atoms with E-state index < -0.39 is 0 Å². The van der Waals surface area contributed by atoms with E-state index >= 15 is 0 Å². The van der Waals surface area contributed by atoms with Crippen LogP contribution in [0.1, 0.15) is 36.5 Å². The Labute approximate surface area is 133 Å². The molecule has 2 rings (SSSR count). The predicted octanol–water partition coefficient (Wildman–Crippen LogP) is 5.08. The summed E-state index contributed by atoms with van der Waals surface area (Å²) in [5.41, 5.74) is 3.75. The molecule has 0 unspecified atom stereocenters. The monoisotopic (exact) mass is 296 g/mol. The third kappa shape index (κ3) is 3.91. The number of allylic oxidation sites excluding steroid dienone is 1. The molecule has 0 fully saturated rings. The van der Waals surface area contributed by atoms with Crippen LogP contribution in [0.15, 0.2) is 48.5 Å². The Balaban J connectivity index is 2.22. The van der Waals surface area contributed by atoms with E-state index in [0.717, 1.165) is 17.9 Å². The van der Waals surface area contributed by atoms with E-state index in [0.29, 0.717) is 5.92 Å². The zero-order chi connectivity index (χ0) is 15.9. The van der Waals surface area contributed by atoms with Gasteiger partial charge in [0, 0.05) is 0 Å². The fraction of sp³-hybridized carbons (Fsp3) is 0.300. The maximum Gasteiger partial charge on any atom is 0.122 e. The van der Waals surface area contributed by atoms with E-state index in [1.54, 1.807) is 14.2 Å². The molecule has 0 radical (unpaired) electrons. The fourth-order valence-electron chi connectivity index (χ4n) is 2.66. The minimum atomic E-state index is 0.383. The van der Waals surface area contributed by atoms with Gasteiger partial charge < -0.3 is 9.47 Å². The molecular weight excluding hydrogens is 272 g/mol. The lowest BCUT2D eigenvalue weighted by molar-refractivity contribution is 0.406. The molecule has 2 nitrogen and oxygen atoms in total. The Morgan fingerprint density at radius 2 is 1.73 bits per heavy atom. The van der Waals surface area contributed by atoms with E-state index in [1.165, 1.54) is 16.7 Å². The maximum atomic E-state index is 5.53. The largest absolute Gasteiger partial charge is 0.497 e. The molecule has 0 saturated carbocycles. The molecule has 2 aromatic carbocycles. The minimum absolute atomic E-state index is 0.383. The Bertz CT molecular complexity index is 627. The van der Waals surface area contributed by atoms with Crippen molar-refractivity contribution in [2.45, 2.75) is 26.2 Å². The molecule has 0 aromatic heterocycles. The van der Waals surface area contributed by atoms with Gasteiger partial charge in [-0.15, -0.1) is 0 Å². The third-order valence-corrected chi connectivity index (χ3v) is 3.84. The van der Waals surface area contributed by atoms with Gasteiger partial charge in [-0.3, -0.25) is 0 Å². The first-order chi connectivity index (χ1) is 10.7. The van der Waals surface area contributed by atoms with Crippen molar-refractivity contribution >= 4 is 6.08 Å². The number of benzene rings is 2. The van der Waals surface area contributed by atoms with Gasteiger partial charge in [0.15, 0.2) is 0 Å². The van der Waals surface area contributed by atoms with Crippen LogP contribution >= 0.6 is 0 Å². The highest BCUT2D eigenvalue weighted by Crippen LogP contribution is 2.30. The smallest absolute Gasteiger partial charge is 0.122 e. The highest BCUT2D eigenvalue weighted by atomic mass is 16.5. The second-order valence-corrected chi connectivity index (χ2v) is 5.45. The molecule has 0 aliphatic carbocycles. The molecule has 0 N–H and O–H groups in total. The quantitative estimate of drug-likeness (QED) is 0.739. The van der Waals surface area contributed by atoms with Crippen molar-refractivity contribution < 1.29 is 9.47 Å². The average molecular weight is 296 g/mol. The molecule has 0 aliphatic heterocycles. The van der Waals surface area contributed by atoms with Crippen LogP contribution in [0, 0.1) is 0 Å². The maximum absolute atomic E-state index is 5.53. The lowest BCUT2D eigenvalue weighted by Gasteiger charge is -2.17. The summed E-state index contributed by atoms with van der Waals surface area (Å²) in [6, 6.07) is 14.6. The summed E-state index contributed by atoms with van der Waals surface area (Å²) in [5.74, 6) is 2.23. The number of ether oxygens (including phenoxy) is 2. The molecule has 0 aliphatic rings. The van der Waals surface area contributed by atoms with Gasteiger partial charge in [-0.25, -0.2) is 0 Å². The van der Waals surface area contributed by atoms with Gasteiger partial charge in [0.2, 0.25) is 0 Å². The predicted molar refractivity (Wildman–Crippen MR) is 92.8 cm³/mol. The molecule has 0 saturated heterocycles. The van der Waals surface area contributed by atoms with Crippen molar-refractivity contribution in [3.63, 3.8) is 0 Å². The molecule has 116 valence electrons. The molecule has 0 bridgehead atoms.